The summed E-state index contributed by atoms with van der Waals surface area (Å²) >= 11 is 6.33. The Morgan fingerprint density at radius 1 is 1.19 bits per heavy atom. The summed E-state index contributed by atoms with van der Waals surface area (Å²) in [7, 11) is 4.09. The molecule has 0 fully saturated rings. The second kappa shape index (κ2) is 8.55. The van der Waals surface area contributed by atoms with E-state index < -0.39 is 0 Å². The van der Waals surface area contributed by atoms with Crippen molar-refractivity contribution in [2.24, 2.45) is 0 Å². The summed E-state index contributed by atoms with van der Waals surface area (Å²) in [4.78, 5) is 6.61. The number of aryl methyl sites for hydroxylation is 2. The first kappa shape index (κ1) is 19.4. The Kier molecular flexibility index (Phi) is 6.14. The third kappa shape index (κ3) is 4.67. The van der Waals surface area contributed by atoms with Gasteiger partial charge in [-0.15, -0.1) is 0 Å². The summed E-state index contributed by atoms with van der Waals surface area (Å²) in [5.74, 6) is 0.665. The van der Waals surface area contributed by atoms with Gasteiger partial charge in [0, 0.05) is 17.8 Å². The molecule has 0 saturated carbocycles. The minimum absolute atomic E-state index is 0.594. The molecule has 6 heteroatoms. The van der Waals surface area contributed by atoms with Crippen molar-refractivity contribution in [3.63, 3.8) is 0 Å². The molecule has 0 aliphatic rings. The van der Waals surface area contributed by atoms with Gasteiger partial charge in [-0.3, -0.25) is 0 Å². The predicted octanol–water partition coefficient (Wildman–Crippen LogP) is 4.34. The van der Waals surface area contributed by atoms with Gasteiger partial charge in [0.1, 0.15) is 5.75 Å². The van der Waals surface area contributed by atoms with E-state index in [4.69, 9.17) is 16.3 Å². The number of rotatable bonds is 7. The van der Waals surface area contributed by atoms with Crippen LogP contribution in [0.1, 0.15) is 17.8 Å². The van der Waals surface area contributed by atoms with Crippen LogP contribution in [0.15, 0.2) is 36.4 Å². The van der Waals surface area contributed by atoms with Crippen LogP contribution in [0, 0.1) is 20.0 Å². The minimum atomic E-state index is 0.594. The summed E-state index contributed by atoms with van der Waals surface area (Å²) in [6.45, 7) is 5.59. The third-order valence-corrected chi connectivity index (χ3v) is 4.50. The van der Waals surface area contributed by atoms with Crippen LogP contribution in [0.3, 0.4) is 0 Å². The first-order valence-corrected chi connectivity index (χ1v) is 9.31. The highest BCUT2D eigenvalue weighted by atomic mass is 35.5. The van der Waals surface area contributed by atoms with Gasteiger partial charge in [-0.2, -0.15) is 5.10 Å². The lowest BCUT2D eigenvalue weighted by atomic mass is 10.1. The molecule has 3 rings (SSSR count). The highest BCUT2D eigenvalue weighted by Crippen LogP contribution is 2.32. The Balaban J connectivity index is 1.91. The molecule has 2 heterocycles. The van der Waals surface area contributed by atoms with Crippen LogP contribution >= 0.6 is 11.6 Å². The van der Waals surface area contributed by atoms with Crippen LogP contribution in [0.25, 0.3) is 16.9 Å². The highest BCUT2D eigenvalue weighted by Gasteiger charge is 2.14. The lowest BCUT2D eigenvalue weighted by Crippen LogP contribution is -2.15. The normalized spacial score (nSPS) is 11.2. The number of hydrogen-bond acceptors (Lipinski definition) is 4. The summed E-state index contributed by atoms with van der Waals surface area (Å²) in [6, 6.07) is 11.5. The zero-order valence-electron chi connectivity index (χ0n) is 16.2. The second-order valence-electron chi connectivity index (χ2n) is 6.80. The molecular formula is C21H24ClN4O. The minimum Gasteiger partial charge on any atom is -0.492 e. The van der Waals surface area contributed by atoms with Gasteiger partial charge in [-0.25, -0.2) is 9.67 Å². The molecule has 0 bridgehead atoms. The van der Waals surface area contributed by atoms with Crippen molar-refractivity contribution < 1.29 is 4.74 Å². The third-order valence-electron chi connectivity index (χ3n) is 4.18. The molecule has 141 valence electrons. The van der Waals surface area contributed by atoms with Crippen LogP contribution in [-0.2, 0) is 0 Å². The number of ether oxygens (including phenoxy) is 1. The molecule has 5 nitrogen and oxygen atoms in total. The highest BCUT2D eigenvalue weighted by molar-refractivity contribution is 6.32. The molecule has 0 spiro atoms. The number of aromatic nitrogens is 3. The molecule has 0 saturated heterocycles. The fourth-order valence-corrected chi connectivity index (χ4v) is 3.11. The van der Waals surface area contributed by atoms with E-state index in [0.717, 1.165) is 41.3 Å². The fraction of sp³-hybridized carbons (Fsp3) is 0.333. The van der Waals surface area contributed by atoms with Crippen LogP contribution < -0.4 is 4.74 Å². The van der Waals surface area contributed by atoms with Gasteiger partial charge in [0.15, 0.2) is 0 Å². The Hall–Kier alpha value is -2.37. The molecule has 27 heavy (non-hydrogen) atoms. The quantitative estimate of drug-likeness (QED) is 0.569. The largest absolute Gasteiger partial charge is 0.492 e. The van der Waals surface area contributed by atoms with E-state index >= 15 is 0 Å². The van der Waals surface area contributed by atoms with Gasteiger partial charge in [0.2, 0.25) is 0 Å². The predicted molar refractivity (Wildman–Crippen MR) is 109 cm³/mol. The average molecular weight is 384 g/mol. The standard InChI is InChI=1S/C21H24ClN4O/c1-15-13-16(2)26(24-15)19-7-5-10-23-21(19)17-8-9-18(22)20(14-17)27-12-6-11-25(3)4/h5,7-9,13-14H,6,11-12H2,1-4H3. The zero-order chi connectivity index (χ0) is 19.4. The number of halogens is 1. The molecule has 0 amide bonds. The maximum atomic E-state index is 6.33. The Morgan fingerprint density at radius 2 is 2.00 bits per heavy atom. The van der Waals surface area contributed by atoms with Gasteiger partial charge in [0.05, 0.1) is 34.9 Å². The van der Waals surface area contributed by atoms with Crippen molar-refractivity contribution >= 4 is 11.6 Å². The van der Waals surface area contributed by atoms with Crippen LogP contribution in [0.4, 0.5) is 0 Å². The first-order chi connectivity index (χ1) is 13.0. The molecule has 0 aliphatic carbocycles. The van der Waals surface area contributed by atoms with E-state index in [1.807, 2.05) is 63.0 Å². The van der Waals surface area contributed by atoms with E-state index in [-0.39, 0.29) is 0 Å². The zero-order valence-corrected chi connectivity index (χ0v) is 16.9. The second-order valence-corrected chi connectivity index (χ2v) is 7.20. The summed E-state index contributed by atoms with van der Waals surface area (Å²) < 4.78 is 7.80. The van der Waals surface area contributed by atoms with Crippen molar-refractivity contribution in [1.29, 1.82) is 0 Å². The Bertz CT molecular complexity index is 920. The van der Waals surface area contributed by atoms with Crippen molar-refractivity contribution in [2.75, 3.05) is 27.2 Å². The number of benzene rings is 1. The first-order valence-electron chi connectivity index (χ1n) is 8.94. The van der Waals surface area contributed by atoms with Crippen molar-refractivity contribution in [3.05, 3.63) is 59.0 Å². The van der Waals surface area contributed by atoms with Gasteiger partial charge in [0.25, 0.3) is 0 Å². The van der Waals surface area contributed by atoms with Gasteiger partial charge in [-0.05, 0) is 64.7 Å². The maximum Gasteiger partial charge on any atom is 0.138 e. The van der Waals surface area contributed by atoms with Gasteiger partial charge < -0.3 is 9.64 Å². The molecule has 1 radical (unpaired) electrons. The van der Waals surface area contributed by atoms with Gasteiger partial charge >= 0.3 is 0 Å². The molecule has 0 unspecified atom stereocenters. The van der Waals surface area contributed by atoms with E-state index in [1.165, 1.54) is 0 Å². The summed E-state index contributed by atoms with van der Waals surface area (Å²) in [5.41, 5.74) is 4.63. The van der Waals surface area contributed by atoms with Crippen LogP contribution in [-0.4, -0.2) is 46.9 Å². The smallest absolute Gasteiger partial charge is 0.138 e. The van der Waals surface area contributed by atoms with Crippen molar-refractivity contribution in [3.8, 4) is 22.7 Å². The van der Waals surface area contributed by atoms with E-state index in [9.17, 15) is 0 Å². The molecule has 3 aromatic rings. The number of hydrogen-bond donors (Lipinski definition) is 0. The van der Waals surface area contributed by atoms with Crippen LogP contribution in [0.2, 0.25) is 5.02 Å². The Morgan fingerprint density at radius 3 is 2.70 bits per heavy atom. The summed E-state index contributed by atoms with van der Waals surface area (Å²) in [5, 5.41) is 5.18. The lowest BCUT2D eigenvalue weighted by molar-refractivity contribution is 0.282. The molecule has 2 aromatic heterocycles. The molecule has 0 atom stereocenters. The molecule has 1 aromatic carbocycles. The Labute approximate surface area is 165 Å². The van der Waals surface area contributed by atoms with E-state index in [1.54, 1.807) is 6.07 Å². The maximum absolute atomic E-state index is 6.33. The molecule has 0 N–H and O–H groups in total. The van der Waals surface area contributed by atoms with E-state index in [2.05, 4.69) is 21.2 Å². The summed E-state index contributed by atoms with van der Waals surface area (Å²) in [6.07, 6.45) is 3.86. The lowest BCUT2D eigenvalue weighted by Gasteiger charge is -2.14. The van der Waals surface area contributed by atoms with Crippen LogP contribution in [0.5, 0.6) is 5.75 Å². The molecular weight excluding hydrogens is 360 g/mol. The van der Waals surface area contributed by atoms with Gasteiger partial charge in [-0.1, -0.05) is 17.7 Å². The monoisotopic (exact) mass is 383 g/mol. The van der Waals surface area contributed by atoms with Crippen molar-refractivity contribution in [2.45, 2.75) is 20.3 Å². The van der Waals surface area contributed by atoms with Crippen molar-refractivity contribution in [1.82, 2.24) is 19.7 Å². The number of pyridine rings is 1. The molecule has 0 aliphatic heterocycles. The SMILES string of the molecule is Cc1cc(C)n(-c2cc[c]nc2-c2ccc(Cl)c(OCCCN(C)C)c2)n1. The number of nitrogens with zero attached hydrogens (tertiary/aromatic N) is 4. The topological polar surface area (TPSA) is 43.2 Å². The fourth-order valence-electron chi connectivity index (χ4n) is 2.93. The average Bonchev–Trinajstić information content (AvgIpc) is 2.98. The van der Waals surface area contributed by atoms with E-state index in [0.29, 0.717) is 17.4 Å².